The highest BCUT2D eigenvalue weighted by atomic mass is 16.2. The predicted octanol–water partition coefficient (Wildman–Crippen LogP) is 9.92. The highest BCUT2D eigenvalue weighted by Gasteiger charge is 2.35. The number of nitrogens with zero attached hydrogens (tertiary/aromatic N) is 1. The summed E-state index contributed by atoms with van der Waals surface area (Å²) < 4.78 is 0. The third kappa shape index (κ3) is 7.62. The fraction of sp³-hybridized carbons (Fsp3) is 0.514. The van der Waals surface area contributed by atoms with Crippen molar-refractivity contribution in [3.05, 3.63) is 83.4 Å². The van der Waals surface area contributed by atoms with Crippen molar-refractivity contribution in [2.24, 2.45) is 11.8 Å². The number of fused-ring (bicyclic) bond motifs is 1. The van der Waals surface area contributed by atoms with Crippen LogP contribution in [-0.2, 0) is 6.42 Å². The van der Waals surface area contributed by atoms with Crippen LogP contribution in [0.3, 0.4) is 0 Å². The van der Waals surface area contributed by atoms with E-state index in [4.69, 9.17) is 0 Å². The molecule has 0 aliphatic carbocycles. The predicted molar refractivity (Wildman–Crippen MR) is 170 cm³/mol. The van der Waals surface area contributed by atoms with E-state index in [0.29, 0.717) is 17.5 Å². The Labute approximate surface area is 243 Å². The van der Waals surface area contributed by atoms with E-state index in [1.807, 2.05) is 48.5 Å². The Morgan fingerprint density at radius 2 is 1.20 bits per heavy atom. The molecule has 3 nitrogen and oxygen atoms in total. The van der Waals surface area contributed by atoms with Crippen molar-refractivity contribution >= 4 is 22.5 Å². The van der Waals surface area contributed by atoms with Gasteiger partial charge in [-0.3, -0.25) is 9.59 Å². The number of hydrogen-bond acceptors (Lipinski definition) is 2. The van der Waals surface area contributed by atoms with Gasteiger partial charge in [-0.05, 0) is 60.4 Å². The second kappa shape index (κ2) is 15.7. The van der Waals surface area contributed by atoms with Gasteiger partial charge in [0.1, 0.15) is 0 Å². The van der Waals surface area contributed by atoms with Crippen molar-refractivity contribution in [1.82, 2.24) is 4.90 Å². The minimum atomic E-state index is -0.201. The molecule has 3 aromatic rings. The molecule has 0 saturated heterocycles. The Hall–Kier alpha value is -2.94. The third-order valence-corrected chi connectivity index (χ3v) is 8.36. The van der Waals surface area contributed by atoms with E-state index in [1.54, 1.807) is 0 Å². The lowest BCUT2D eigenvalue weighted by Crippen LogP contribution is -2.48. The maximum Gasteiger partial charge on any atom is 0.255 e. The summed E-state index contributed by atoms with van der Waals surface area (Å²) >= 11 is 0. The molecule has 40 heavy (non-hydrogen) atoms. The van der Waals surface area contributed by atoms with Crippen LogP contribution >= 0.6 is 0 Å². The highest BCUT2D eigenvalue weighted by molar-refractivity contribution is 6.16. The Morgan fingerprint density at radius 1 is 0.675 bits per heavy atom. The van der Waals surface area contributed by atoms with Crippen LogP contribution in [-0.4, -0.2) is 28.7 Å². The lowest BCUT2D eigenvalue weighted by molar-refractivity contribution is 0.0508. The van der Waals surface area contributed by atoms with Gasteiger partial charge in [-0.15, -0.1) is 0 Å². The molecule has 0 N–H and O–H groups in total. The molecule has 0 unspecified atom stereocenters. The summed E-state index contributed by atoms with van der Waals surface area (Å²) in [7, 11) is 0. The average molecular weight is 542 g/mol. The minimum Gasteiger partial charge on any atom is -0.333 e. The van der Waals surface area contributed by atoms with E-state index in [2.05, 4.69) is 64.6 Å². The number of benzene rings is 3. The van der Waals surface area contributed by atoms with E-state index in [9.17, 15) is 9.59 Å². The maximum absolute atomic E-state index is 15.0. The van der Waals surface area contributed by atoms with Gasteiger partial charge < -0.3 is 4.90 Å². The molecule has 0 saturated carbocycles. The summed E-state index contributed by atoms with van der Waals surface area (Å²) in [5, 5.41) is 1.90. The van der Waals surface area contributed by atoms with Gasteiger partial charge in [0.2, 0.25) is 0 Å². The molecular formula is C37H51NO2. The number of rotatable bonds is 16. The second-order valence-corrected chi connectivity index (χ2v) is 11.8. The molecule has 3 rings (SSSR count). The van der Waals surface area contributed by atoms with Crippen molar-refractivity contribution in [1.29, 1.82) is 0 Å². The summed E-state index contributed by atoms with van der Waals surface area (Å²) in [5.41, 5.74) is 2.35. The molecule has 0 aliphatic heterocycles. The number of amides is 1. The summed E-state index contributed by atoms with van der Waals surface area (Å²) in [6.07, 6.45) is 8.76. The SMILES string of the molecule is CCCC(CCC)N(C(=O)c1c(C(=O)[C@H](Cc2ccccc2)C(C)C)ccc2ccccc12)C(CCC)CCC. The Bertz CT molecular complexity index is 1190. The van der Waals surface area contributed by atoms with Gasteiger partial charge in [-0.1, -0.05) is 128 Å². The molecule has 0 spiro atoms. The fourth-order valence-electron chi connectivity index (χ4n) is 6.34. The number of carbonyl (C=O) groups excluding carboxylic acids is 2. The quantitative estimate of drug-likeness (QED) is 0.169. The van der Waals surface area contributed by atoms with Crippen LogP contribution < -0.4 is 0 Å². The van der Waals surface area contributed by atoms with Crippen molar-refractivity contribution in [2.75, 3.05) is 0 Å². The van der Waals surface area contributed by atoms with Crippen LogP contribution in [0.4, 0.5) is 0 Å². The van der Waals surface area contributed by atoms with Gasteiger partial charge in [0.05, 0.1) is 5.56 Å². The zero-order valence-electron chi connectivity index (χ0n) is 25.8. The van der Waals surface area contributed by atoms with Gasteiger partial charge in [0.15, 0.2) is 5.78 Å². The van der Waals surface area contributed by atoms with Crippen LogP contribution in [0, 0.1) is 11.8 Å². The minimum absolute atomic E-state index is 0.0427. The van der Waals surface area contributed by atoms with Crippen LogP contribution in [0.15, 0.2) is 66.7 Å². The molecule has 3 heteroatoms. The zero-order valence-corrected chi connectivity index (χ0v) is 25.8. The molecule has 0 radical (unpaired) electrons. The number of hydrogen-bond donors (Lipinski definition) is 0. The summed E-state index contributed by atoms with van der Waals surface area (Å²) in [5.74, 6) is 0.0750. The van der Waals surface area contributed by atoms with Crippen molar-refractivity contribution in [2.45, 2.75) is 111 Å². The number of ketones is 1. The Morgan fingerprint density at radius 3 is 1.73 bits per heavy atom. The van der Waals surface area contributed by atoms with Crippen LogP contribution in [0.5, 0.6) is 0 Å². The van der Waals surface area contributed by atoms with E-state index in [-0.39, 0.29) is 35.6 Å². The van der Waals surface area contributed by atoms with Crippen LogP contribution in [0.25, 0.3) is 10.8 Å². The van der Waals surface area contributed by atoms with Gasteiger partial charge >= 0.3 is 0 Å². The summed E-state index contributed by atoms with van der Waals surface area (Å²) in [4.78, 5) is 31.7. The zero-order chi connectivity index (χ0) is 29.1. The number of carbonyl (C=O) groups is 2. The van der Waals surface area contributed by atoms with Crippen LogP contribution in [0.2, 0.25) is 0 Å². The fourth-order valence-corrected chi connectivity index (χ4v) is 6.34. The summed E-state index contributed by atoms with van der Waals surface area (Å²) in [6.45, 7) is 13.1. The summed E-state index contributed by atoms with van der Waals surface area (Å²) in [6, 6.07) is 22.7. The monoisotopic (exact) mass is 541 g/mol. The van der Waals surface area contributed by atoms with E-state index < -0.39 is 0 Å². The van der Waals surface area contributed by atoms with E-state index in [0.717, 1.165) is 67.7 Å². The second-order valence-electron chi connectivity index (χ2n) is 11.8. The van der Waals surface area contributed by atoms with E-state index in [1.165, 1.54) is 0 Å². The Kier molecular flexibility index (Phi) is 12.4. The van der Waals surface area contributed by atoms with E-state index >= 15 is 0 Å². The van der Waals surface area contributed by atoms with Crippen molar-refractivity contribution in [3.8, 4) is 0 Å². The van der Waals surface area contributed by atoms with Gasteiger partial charge in [0.25, 0.3) is 5.91 Å². The molecule has 0 bridgehead atoms. The van der Waals surface area contributed by atoms with Gasteiger partial charge in [-0.25, -0.2) is 0 Å². The third-order valence-electron chi connectivity index (χ3n) is 8.36. The molecule has 1 atom stereocenters. The van der Waals surface area contributed by atoms with Crippen molar-refractivity contribution in [3.63, 3.8) is 0 Å². The first-order chi connectivity index (χ1) is 19.4. The van der Waals surface area contributed by atoms with Crippen LogP contribution in [0.1, 0.15) is 119 Å². The molecule has 0 fully saturated rings. The topological polar surface area (TPSA) is 37.4 Å². The molecule has 0 aromatic heterocycles. The molecule has 1 amide bonds. The first kappa shape index (κ1) is 31.6. The largest absolute Gasteiger partial charge is 0.333 e. The first-order valence-corrected chi connectivity index (χ1v) is 15.8. The Balaban J connectivity index is 2.21. The highest BCUT2D eigenvalue weighted by Crippen LogP contribution is 2.32. The normalized spacial score (nSPS) is 12.4. The average Bonchev–Trinajstić information content (AvgIpc) is 2.96. The lowest BCUT2D eigenvalue weighted by Gasteiger charge is -2.39. The smallest absolute Gasteiger partial charge is 0.255 e. The van der Waals surface area contributed by atoms with Gasteiger partial charge in [0, 0.05) is 23.6 Å². The molecule has 0 heterocycles. The molecule has 3 aromatic carbocycles. The standard InChI is InChI=1S/C37H51NO2/c1-7-16-30(17-8-2)38(31(18-9-3)19-10-4)37(40)35-32-23-15-14-22-29(32)24-25-33(35)36(39)34(27(5)6)26-28-20-12-11-13-21-28/h11-15,20-25,27,30-31,34H,7-10,16-19,26H2,1-6H3/t34-/m1/s1. The molecule has 216 valence electrons. The lowest BCUT2D eigenvalue weighted by atomic mass is 9.81. The van der Waals surface area contributed by atoms with Crippen molar-refractivity contribution < 1.29 is 9.59 Å². The first-order valence-electron chi connectivity index (χ1n) is 15.8. The van der Waals surface area contributed by atoms with Gasteiger partial charge in [-0.2, -0.15) is 0 Å². The molecular weight excluding hydrogens is 490 g/mol. The number of Topliss-reactive ketones (excluding diaryl/α,β-unsaturated/α-hetero) is 1. The maximum atomic E-state index is 15.0. The molecule has 0 aliphatic rings.